The highest BCUT2D eigenvalue weighted by Gasteiger charge is 2.16. The van der Waals surface area contributed by atoms with E-state index in [1.54, 1.807) is 24.3 Å². The minimum atomic E-state index is -0.398. The van der Waals surface area contributed by atoms with E-state index in [4.69, 9.17) is 5.73 Å². The summed E-state index contributed by atoms with van der Waals surface area (Å²) in [4.78, 5) is 23.2. The zero-order chi connectivity index (χ0) is 12.8. The zero-order valence-corrected chi connectivity index (χ0v) is 10.2. The van der Waals surface area contributed by atoms with Gasteiger partial charge in [0, 0.05) is 11.3 Å². The lowest BCUT2D eigenvalue weighted by Crippen LogP contribution is -2.39. The lowest BCUT2D eigenvalue weighted by Gasteiger charge is -2.14. The van der Waals surface area contributed by atoms with Gasteiger partial charge in [-0.05, 0) is 37.6 Å². The van der Waals surface area contributed by atoms with Crippen molar-refractivity contribution in [1.29, 1.82) is 0 Å². The molecule has 0 aliphatic carbocycles. The fraction of sp³-hybridized carbons (Fsp3) is 0.385. The third-order valence-corrected chi connectivity index (χ3v) is 2.55. The second-order valence-electron chi connectivity index (χ2n) is 4.05. The molecule has 0 aromatic heterocycles. The van der Waals surface area contributed by atoms with Crippen LogP contribution in [-0.2, 0) is 4.79 Å². The smallest absolute Gasteiger partial charge is 0.251 e. The van der Waals surface area contributed by atoms with Gasteiger partial charge in [0.2, 0.25) is 0 Å². The van der Waals surface area contributed by atoms with Crippen LogP contribution >= 0.6 is 0 Å². The summed E-state index contributed by atoms with van der Waals surface area (Å²) in [5, 5.41) is 2.72. The number of hydrogen-bond donors (Lipinski definition) is 2. The molecule has 4 nitrogen and oxygen atoms in total. The second kappa shape index (κ2) is 6.03. The molecule has 4 heteroatoms. The second-order valence-corrected chi connectivity index (χ2v) is 4.05. The lowest BCUT2D eigenvalue weighted by atomic mass is 10.1. The third-order valence-electron chi connectivity index (χ3n) is 2.55. The monoisotopic (exact) mass is 234 g/mol. The van der Waals surface area contributed by atoms with Crippen molar-refractivity contribution in [3.05, 3.63) is 29.8 Å². The van der Waals surface area contributed by atoms with Crippen LogP contribution in [0, 0.1) is 0 Å². The van der Waals surface area contributed by atoms with Crippen LogP contribution in [0.15, 0.2) is 24.3 Å². The lowest BCUT2D eigenvalue weighted by molar-refractivity contribution is -0.118. The van der Waals surface area contributed by atoms with Crippen LogP contribution in [0.1, 0.15) is 37.0 Å². The summed E-state index contributed by atoms with van der Waals surface area (Å²) in [6.07, 6.45) is 1.52. The Morgan fingerprint density at radius 1 is 1.29 bits per heavy atom. The summed E-state index contributed by atoms with van der Waals surface area (Å²) in [6, 6.07) is 6.22. The highest BCUT2D eigenvalue weighted by Crippen LogP contribution is 2.06. The van der Waals surface area contributed by atoms with Crippen molar-refractivity contribution in [3.63, 3.8) is 0 Å². The van der Waals surface area contributed by atoms with Gasteiger partial charge in [-0.2, -0.15) is 0 Å². The first-order valence-corrected chi connectivity index (χ1v) is 5.71. The van der Waals surface area contributed by atoms with E-state index in [0.29, 0.717) is 17.7 Å². The molecule has 0 fully saturated rings. The average Bonchev–Trinajstić information content (AvgIpc) is 2.29. The number of nitrogens with two attached hydrogens (primary N) is 1. The van der Waals surface area contributed by atoms with Gasteiger partial charge >= 0.3 is 0 Å². The number of ketones is 1. The van der Waals surface area contributed by atoms with Gasteiger partial charge in [-0.1, -0.05) is 13.3 Å². The van der Waals surface area contributed by atoms with Gasteiger partial charge in [0.1, 0.15) is 0 Å². The largest absolute Gasteiger partial charge is 0.399 e. The molecule has 0 saturated carbocycles. The van der Waals surface area contributed by atoms with Crippen molar-refractivity contribution in [3.8, 4) is 0 Å². The van der Waals surface area contributed by atoms with Gasteiger partial charge in [-0.15, -0.1) is 0 Å². The Morgan fingerprint density at radius 3 is 2.35 bits per heavy atom. The average molecular weight is 234 g/mol. The van der Waals surface area contributed by atoms with Crippen LogP contribution in [0.2, 0.25) is 0 Å². The SMILES string of the molecule is CCC[C@H](NC(=O)c1ccc(N)cc1)C(C)=O. The topological polar surface area (TPSA) is 72.2 Å². The number of carbonyl (C=O) groups excluding carboxylic acids is 2. The van der Waals surface area contributed by atoms with E-state index in [1.807, 2.05) is 6.92 Å². The predicted molar refractivity (Wildman–Crippen MR) is 67.7 cm³/mol. The molecule has 0 aliphatic heterocycles. The maximum atomic E-state index is 11.8. The van der Waals surface area contributed by atoms with Crippen molar-refractivity contribution in [2.45, 2.75) is 32.7 Å². The number of anilines is 1. The Labute approximate surface area is 101 Å². The highest BCUT2D eigenvalue weighted by atomic mass is 16.2. The van der Waals surface area contributed by atoms with E-state index in [1.165, 1.54) is 6.92 Å². The molecule has 1 aromatic rings. The maximum Gasteiger partial charge on any atom is 0.251 e. The van der Waals surface area contributed by atoms with Gasteiger partial charge in [-0.3, -0.25) is 9.59 Å². The molecular formula is C13H18N2O2. The first kappa shape index (κ1) is 13.2. The summed E-state index contributed by atoms with van der Waals surface area (Å²) < 4.78 is 0. The number of amides is 1. The quantitative estimate of drug-likeness (QED) is 0.762. The third kappa shape index (κ3) is 3.90. The van der Waals surface area contributed by atoms with Crippen molar-refractivity contribution in [1.82, 2.24) is 5.32 Å². The van der Waals surface area contributed by atoms with Crippen LogP contribution in [0.4, 0.5) is 5.69 Å². The van der Waals surface area contributed by atoms with E-state index >= 15 is 0 Å². The van der Waals surface area contributed by atoms with Gasteiger partial charge in [0.15, 0.2) is 5.78 Å². The van der Waals surface area contributed by atoms with Crippen LogP contribution in [0.5, 0.6) is 0 Å². The number of carbonyl (C=O) groups is 2. The Balaban J connectivity index is 2.70. The summed E-state index contributed by atoms with van der Waals surface area (Å²) >= 11 is 0. The fourth-order valence-corrected chi connectivity index (χ4v) is 1.54. The van der Waals surface area contributed by atoms with Gasteiger partial charge in [0.05, 0.1) is 6.04 Å². The Morgan fingerprint density at radius 2 is 1.88 bits per heavy atom. The normalized spacial score (nSPS) is 11.9. The van der Waals surface area contributed by atoms with E-state index in [0.717, 1.165) is 6.42 Å². The van der Waals surface area contributed by atoms with E-state index in [9.17, 15) is 9.59 Å². The number of rotatable bonds is 5. The van der Waals surface area contributed by atoms with Gasteiger partial charge in [0.25, 0.3) is 5.91 Å². The Bertz CT molecular complexity index is 398. The molecule has 1 atom stereocenters. The fourth-order valence-electron chi connectivity index (χ4n) is 1.54. The van der Waals surface area contributed by atoms with Crippen molar-refractivity contribution in [2.24, 2.45) is 0 Å². The molecule has 17 heavy (non-hydrogen) atoms. The molecule has 1 rings (SSSR count). The number of Topliss-reactive ketones (excluding diaryl/α,β-unsaturated/α-hetero) is 1. The van der Waals surface area contributed by atoms with Crippen molar-refractivity contribution < 1.29 is 9.59 Å². The zero-order valence-electron chi connectivity index (χ0n) is 10.2. The van der Waals surface area contributed by atoms with Crippen LogP contribution < -0.4 is 11.1 Å². The molecule has 0 saturated heterocycles. The molecule has 0 heterocycles. The maximum absolute atomic E-state index is 11.8. The molecule has 0 unspecified atom stereocenters. The summed E-state index contributed by atoms with van der Waals surface area (Å²) in [5.41, 5.74) is 6.66. The minimum absolute atomic E-state index is 0.0179. The Kier molecular flexibility index (Phi) is 4.69. The van der Waals surface area contributed by atoms with E-state index in [2.05, 4.69) is 5.32 Å². The molecule has 0 bridgehead atoms. The first-order valence-electron chi connectivity index (χ1n) is 5.71. The van der Waals surface area contributed by atoms with Crippen molar-refractivity contribution >= 4 is 17.4 Å². The first-order chi connectivity index (χ1) is 8.04. The van der Waals surface area contributed by atoms with Crippen LogP contribution in [0.25, 0.3) is 0 Å². The molecule has 0 aliphatic rings. The summed E-state index contributed by atoms with van der Waals surface area (Å²) in [6.45, 7) is 3.47. The van der Waals surface area contributed by atoms with Crippen LogP contribution in [-0.4, -0.2) is 17.7 Å². The van der Waals surface area contributed by atoms with Crippen LogP contribution in [0.3, 0.4) is 0 Å². The number of nitrogen functional groups attached to an aromatic ring is 1. The molecule has 0 radical (unpaired) electrons. The van der Waals surface area contributed by atoms with Crippen molar-refractivity contribution in [2.75, 3.05) is 5.73 Å². The molecular weight excluding hydrogens is 216 g/mol. The summed E-state index contributed by atoms with van der Waals surface area (Å²) in [5.74, 6) is -0.255. The molecule has 92 valence electrons. The number of hydrogen-bond acceptors (Lipinski definition) is 3. The van der Waals surface area contributed by atoms with E-state index < -0.39 is 6.04 Å². The highest BCUT2D eigenvalue weighted by molar-refractivity contribution is 5.97. The van der Waals surface area contributed by atoms with Gasteiger partial charge in [-0.25, -0.2) is 0 Å². The molecule has 0 spiro atoms. The number of benzene rings is 1. The van der Waals surface area contributed by atoms with E-state index in [-0.39, 0.29) is 11.7 Å². The standard InChI is InChI=1S/C13H18N2O2/c1-3-4-12(9(2)16)15-13(17)10-5-7-11(14)8-6-10/h5-8,12H,3-4,14H2,1-2H3,(H,15,17)/t12-/m0/s1. The van der Waals surface area contributed by atoms with Gasteiger partial charge < -0.3 is 11.1 Å². The molecule has 1 amide bonds. The predicted octanol–water partition coefficient (Wildman–Crippen LogP) is 1.76. The minimum Gasteiger partial charge on any atom is -0.399 e. The Hall–Kier alpha value is -1.84. The molecule has 3 N–H and O–H groups in total. The summed E-state index contributed by atoms with van der Waals surface area (Å²) in [7, 11) is 0. The number of nitrogens with one attached hydrogen (secondary N) is 1. The molecule has 1 aromatic carbocycles.